The fourth-order valence-electron chi connectivity index (χ4n) is 5.48. The molecule has 0 saturated carbocycles. The average Bonchev–Trinajstić information content (AvgIpc) is 3.63. The third-order valence-corrected chi connectivity index (χ3v) is 9.04. The van der Waals surface area contributed by atoms with Gasteiger partial charge in [0.2, 0.25) is 15.9 Å². The lowest BCUT2D eigenvalue weighted by Gasteiger charge is -2.21. The molecule has 2 aromatic carbocycles. The van der Waals surface area contributed by atoms with Crippen LogP contribution in [0.2, 0.25) is 0 Å². The van der Waals surface area contributed by atoms with Gasteiger partial charge in [0, 0.05) is 47.3 Å². The Bertz CT molecular complexity index is 2260. The van der Waals surface area contributed by atoms with Gasteiger partial charge in [-0.3, -0.25) is 9.52 Å². The normalized spacial score (nSPS) is 12.4. The maximum Gasteiger partial charge on any atom is 0.255 e. The lowest BCUT2D eigenvalue weighted by molar-refractivity contribution is 0.0964. The summed E-state index contributed by atoms with van der Waals surface area (Å²) in [6.45, 7) is 1.70. The molecule has 228 valence electrons. The second kappa shape index (κ2) is 10.6. The molecule has 1 amide bonds. The van der Waals surface area contributed by atoms with Crippen molar-refractivity contribution in [2.75, 3.05) is 24.6 Å². The molecule has 0 fully saturated rings. The Balaban J connectivity index is 1.46. The number of nitrogens with zero attached hydrogens (tertiary/aromatic N) is 3. The molecule has 11 nitrogen and oxygen atoms in total. The number of ether oxygens (including phenoxy) is 2. The fourth-order valence-corrected chi connectivity index (χ4v) is 6.13. The van der Waals surface area contributed by atoms with Gasteiger partial charge in [0.15, 0.2) is 6.73 Å². The van der Waals surface area contributed by atoms with Crippen molar-refractivity contribution in [3.63, 3.8) is 0 Å². The molecular weight excluding hydrogens is 601 g/mol. The summed E-state index contributed by atoms with van der Waals surface area (Å²) in [4.78, 5) is 22.4. The number of hydrogen-bond acceptors (Lipinski definition) is 8. The van der Waals surface area contributed by atoms with Crippen LogP contribution in [-0.4, -0.2) is 48.8 Å². The number of sulfonamides is 1. The van der Waals surface area contributed by atoms with E-state index in [1.807, 2.05) is 4.57 Å². The predicted octanol–water partition coefficient (Wildman–Crippen LogP) is 5.80. The lowest BCUT2D eigenvalue weighted by Crippen LogP contribution is -2.18. The van der Waals surface area contributed by atoms with Crippen molar-refractivity contribution in [1.82, 2.24) is 19.9 Å². The monoisotopic (exact) mass is 627 g/mol. The van der Waals surface area contributed by atoms with Crippen molar-refractivity contribution in [3.05, 3.63) is 78.2 Å². The van der Waals surface area contributed by atoms with E-state index in [1.165, 1.54) is 39.4 Å². The summed E-state index contributed by atoms with van der Waals surface area (Å²) in [6, 6.07) is 16.6. The third kappa shape index (κ3) is 4.72. The molecule has 0 aliphatic carbocycles. The minimum Gasteiger partial charge on any atom is -0.481 e. The number of benzene rings is 2. The maximum absolute atomic E-state index is 14.7. The van der Waals surface area contributed by atoms with E-state index in [0.717, 1.165) is 0 Å². The number of amides is 1. The van der Waals surface area contributed by atoms with E-state index in [4.69, 9.17) is 18.9 Å². The number of furan rings is 1. The number of anilines is 1. The van der Waals surface area contributed by atoms with Crippen molar-refractivity contribution in [1.29, 1.82) is 0 Å². The Kier molecular flexibility index (Phi) is 6.70. The molecule has 0 atom stereocenters. The molecule has 2 N–H and O–H groups in total. The molecule has 7 rings (SSSR count). The number of halogens is 1. The molecular formula is C32H26FN5O6S. The second-order valence-corrected chi connectivity index (χ2v) is 12.3. The predicted molar refractivity (Wildman–Crippen MR) is 167 cm³/mol. The standard InChI is InChI=1S/C32H26FN5O6S/c1-4-45(40,41)37-23-14-27-20(29(32(39)34-2)31(44-27)17-8-11-28(42-3)35-15-17)12-19(23)22-9-10-26-30(36-22)25-13-18-21(33)6-5-7-24(18)38(25)16-43-26/h5-15,37H,4,16H2,1-3H3,(H,34,39). The Morgan fingerprint density at radius 2 is 1.96 bits per heavy atom. The molecule has 1 aliphatic rings. The van der Waals surface area contributed by atoms with E-state index >= 15 is 0 Å². The van der Waals surface area contributed by atoms with Crippen LogP contribution < -0.4 is 19.5 Å². The van der Waals surface area contributed by atoms with Gasteiger partial charge in [-0.2, -0.15) is 0 Å². The molecule has 6 aromatic rings. The molecule has 0 radical (unpaired) electrons. The number of pyridine rings is 2. The van der Waals surface area contributed by atoms with Crippen molar-refractivity contribution in [3.8, 4) is 45.6 Å². The second-order valence-electron chi connectivity index (χ2n) is 10.3. The number of carbonyl (C=O) groups is 1. The first kappa shape index (κ1) is 28.3. The zero-order valence-electron chi connectivity index (χ0n) is 24.3. The van der Waals surface area contributed by atoms with Crippen LogP contribution in [0, 0.1) is 5.82 Å². The summed E-state index contributed by atoms with van der Waals surface area (Å²) in [7, 11) is -0.730. The van der Waals surface area contributed by atoms with Crippen molar-refractivity contribution >= 4 is 43.5 Å². The van der Waals surface area contributed by atoms with E-state index < -0.39 is 15.9 Å². The van der Waals surface area contributed by atoms with Crippen molar-refractivity contribution in [2.24, 2.45) is 0 Å². The van der Waals surface area contributed by atoms with Gasteiger partial charge in [0.05, 0.1) is 41.0 Å². The minimum atomic E-state index is -3.74. The molecule has 1 aliphatic heterocycles. The molecule has 45 heavy (non-hydrogen) atoms. The van der Waals surface area contributed by atoms with E-state index in [1.54, 1.807) is 48.5 Å². The fraction of sp³-hybridized carbons (Fsp3) is 0.156. The quantitative estimate of drug-likeness (QED) is 0.227. The van der Waals surface area contributed by atoms with Crippen LogP contribution in [-0.2, 0) is 16.8 Å². The number of rotatable bonds is 7. The molecule has 0 bridgehead atoms. The van der Waals surface area contributed by atoms with Gasteiger partial charge in [-0.1, -0.05) is 6.07 Å². The number of aromatic nitrogens is 3. The van der Waals surface area contributed by atoms with Crippen LogP contribution in [0.1, 0.15) is 17.3 Å². The molecule has 13 heteroatoms. The molecule has 0 spiro atoms. The van der Waals surface area contributed by atoms with Gasteiger partial charge in [-0.05, 0) is 49.4 Å². The average molecular weight is 628 g/mol. The number of methoxy groups -OCH3 is 1. The van der Waals surface area contributed by atoms with Crippen LogP contribution in [0.25, 0.3) is 55.8 Å². The SMILES string of the molecule is CCS(=O)(=O)Nc1cc2oc(-c3ccc(OC)nc3)c(C(=O)NC)c2cc1-c1ccc2c(n1)-c1cc3c(F)cccc3n1CO2. The maximum atomic E-state index is 14.7. The van der Waals surface area contributed by atoms with Crippen molar-refractivity contribution < 1.29 is 31.5 Å². The van der Waals surface area contributed by atoms with Gasteiger partial charge in [-0.25, -0.2) is 22.8 Å². The largest absolute Gasteiger partial charge is 0.481 e. The summed E-state index contributed by atoms with van der Waals surface area (Å²) in [5.74, 6) is 0.184. The van der Waals surface area contributed by atoms with Crippen molar-refractivity contribution in [2.45, 2.75) is 13.7 Å². The first-order valence-corrected chi connectivity index (χ1v) is 15.6. The van der Waals surface area contributed by atoms with Crippen LogP contribution in [0.4, 0.5) is 10.1 Å². The zero-order valence-corrected chi connectivity index (χ0v) is 25.2. The van der Waals surface area contributed by atoms with E-state index in [9.17, 15) is 17.6 Å². The Hall–Kier alpha value is -5.43. The highest BCUT2D eigenvalue weighted by molar-refractivity contribution is 7.92. The van der Waals surface area contributed by atoms with Gasteiger partial charge in [0.1, 0.15) is 28.6 Å². The number of carbonyl (C=O) groups excluding carboxylic acids is 1. The highest BCUT2D eigenvalue weighted by atomic mass is 32.2. The van der Waals surface area contributed by atoms with E-state index in [2.05, 4.69) is 15.0 Å². The van der Waals surface area contributed by atoms with Crippen LogP contribution in [0.3, 0.4) is 0 Å². The van der Waals surface area contributed by atoms with E-state index in [0.29, 0.717) is 56.1 Å². The van der Waals surface area contributed by atoms with Crippen LogP contribution in [0.5, 0.6) is 11.6 Å². The number of hydrogen-bond donors (Lipinski definition) is 2. The van der Waals surface area contributed by atoms with Crippen LogP contribution in [0.15, 0.2) is 71.3 Å². The van der Waals surface area contributed by atoms with Gasteiger partial charge < -0.3 is 23.8 Å². The van der Waals surface area contributed by atoms with Gasteiger partial charge in [-0.15, -0.1) is 0 Å². The van der Waals surface area contributed by atoms with Crippen LogP contribution >= 0.6 is 0 Å². The number of fused-ring (bicyclic) bond motifs is 6. The highest BCUT2D eigenvalue weighted by Gasteiger charge is 2.27. The van der Waals surface area contributed by atoms with Gasteiger partial charge in [0.25, 0.3) is 5.91 Å². The Morgan fingerprint density at radius 3 is 2.69 bits per heavy atom. The molecule has 0 unspecified atom stereocenters. The van der Waals surface area contributed by atoms with Gasteiger partial charge >= 0.3 is 0 Å². The summed E-state index contributed by atoms with van der Waals surface area (Å²) >= 11 is 0. The van der Waals surface area contributed by atoms with E-state index in [-0.39, 0.29) is 40.9 Å². The summed E-state index contributed by atoms with van der Waals surface area (Å²) in [5.41, 5.74) is 3.80. The Labute approximate surface area is 256 Å². The first-order chi connectivity index (χ1) is 21.7. The lowest BCUT2D eigenvalue weighted by atomic mass is 10.0. The smallest absolute Gasteiger partial charge is 0.255 e. The summed E-state index contributed by atoms with van der Waals surface area (Å²) in [5, 5.41) is 3.53. The highest BCUT2D eigenvalue weighted by Crippen LogP contribution is 2.43. The molecule has 0 saturated heterocycles. The minimum absolute atomic E-state index is 0.175. The molecule has 5 heterocycles. The third-order valence-electron chi connectivity index (χ3n) is 7.75. The topological polar surface area (TPSA) is 138 Å². The zero-order chi connectivity index (χ0) is 31.5. The summed E-state index contributed by atoms with van der Waals surface area (Å²) < 4.78 is 62.1. The summed E-state index contributed by atoms with van der Waals surface area (Å²) in [6.07, 6.45) is 1.53. The first-order valence-electron chi connectivity index (χ1n) is 14.0. The Morgan fingerprint density at radius 1 is 1.11 bits per heavy atom. The molecule has 4 aromatic heterocycles. The number of nitrogens with one attached hydrogen (secondary N) is 2.